The van der Waals surface area contributed by atoms with Crippen molar-refractivity contribution < 1.29 is 14.6 Å². The van der Waals surface area contributed by atoms with Crippen molar-refractivity contribution in [1.82, 2.24) is 0 Å². The van der Waals surface area contributed by atoms with E-state index in [0.717, 1.165) is 24.2 Å². The number of hydrogen-bond donors (Lipinski definition) is 2. The van der Waals surface area contributed by atoms with Crippen LogP contribution in [0.4, 0.5) is 5.69 Å². The Bertz CT molecular complexity index is 474. The molecule has 1 unspecified atom stereocenters. The molecule has 0 amide bonds. The van der Waals surface area contributed by atoms with Crippen LogP contribution in [0.1, 0.15) is 17.0 Å². The maximum absolute atomic E-state index is 11.2. The number of carbonyl (C=O) groups is 1. The van der Waals surface area contributed by atoms with Gasteiger partial charge in [-0.15, -0.1) is 0 Å². The minimum absolute atomic E-state index is 0.0698. The number of likely N-dealkylation sites (N-methyl/N-ethyl adjacent to an activating group) is 1. The molecule has 0 saturated carbocycles. The summed E-state index contributed by atoms with van der Waals surface area (Å²) in [6.45, 7) is 0.996. The van der Waals surface area contributed by atoms with E-state index in [9.17, 15) is 9.90 Å². The minimum atomic E-state index is -0.915. The van der Waals surface area contributed by atoms with Crippen LogP contribution >= 0.6 is 0 Å². The molecule has 0 aliphatic carbocycles. The molecule has 5 heteroatoms. The van der Waals surface area contributed by atoms with E-state index < -0.39 is 11.9 Å². The molecule has 18 heavy (non-hydrogen) atoms. The Kier molecular flexibility index (Phi) is 3.43. The maximum Gasteiger partial charge on any atom is 0.312 e. The third-order valence-corrected chi connectivity index (χ3v) is 3.49. The van der Waals surface area contributed by atoms with Gasteiger partial charge in [-0.05, 0) is 12.5 Å². The van der Waals surface area contributed by atoms with Gasteiger partial charge in [0.05, 0.1) is 13.0 Å². The molecule has 1 aliphatic heterocycles. The Labute approximate surface area is 106 Å². The second-order valence-electron chi connectivity index (χ2n) is 4.48. The Morgan fingerprint density at radius 3 is 2.89 bits per heavy atom. The van der Waals surface area contributed by atoms with Crippen molar-refractivity contribution in [1.29, 1.82) is 0 Å². The van der Waals surface area contributed by atoms with E-state index in [-0.39, 0.29) is 6.54 Å². The molecule has 98 valence electrons. The third-order valence-electron chi connectivity index (χ3n) is 3.49. The van der Waals surface area contributed by atoms with Crippen LogP contribution < -0.4 is 15.4 Å². The first-order chi connectivity index (χ1) is 8.60. The summed E-state index contributed by atoms with van der Waals surface area (Å²) in [5, 5.41) is 9.20. The number of carboxylic acids is 1. The maximum atomic E-state index is 11.2. The van der Waals surface area contributed by atoms with Gasteiger partial charge in [0, 0.05) is 37.0 Å². The van der Waals surface area contributed by atoms with Crippen molar-refractivity contribution in [3.63, 3.8) is 0 Å². The van der Waals surface area contributed by atoms with Crippen LogP contribution in [0.2, 0.25) is 0 Å². The number of methoxy groups -OCH3 is 1. The summed E-state index contributed by atoms with van der Waals surface area (Å²) in [5.74, 6) is -0.951. The van der Waals surface area contributed by atoms with Crippen LogP contribution in [0.25, 0.3) is 0 Å². The first-order valence-corrected chi connectivity index (χ1v) is 5.94. The first-order valence-electron chi connectivity index (χ1n) is 5.94. The van der Waals surface area contributed by atoms with E-state index >= 15 is 0 Å². The predicted molar refractivity (Wildman–Crippen MR) is 69.4 cm³/mol. The van der Waals surface area contributed by atoms with Crippen LogP contribution in [0.15, 0.2) is 12.1 Å². The number of aliphatic carboxylic acids is 1. The van der Waals surface area contributed by atoms with Crippen molar-refractivity contribution >= 4 is 11.7 Å². The van der Waals surface area contributed by atoms with Gasteiger partial charge in [-0.1, -0.05) is 6.07 Å². The summed E-state index contributed by atoms with van der Waals surface area (Å²) >= 11 is 0. The Hall–Kier alpha value is -1.75. The van der Waals surface area contributed by atoms with Gasteiger partial charge >= 0.3 is 5.97 Å². The lowest BCUT2D eigenvalue weighted by Crippen LogP contribution is -2.22. The number of carboxylic acid groups (broad SMARTS) is 1. The number of anilines is 1. The molecule has 1 aliphatic rings. The zero-order chi connectivity index (χ0) is 13.3. The van der Waals surface area contributed by atoms with Crippen molar-refractivity contribution in [3.05, 3.63) is 23.3 Å². The number of fused-ring (bicyclic) bond motifs is 1. The molecule has 0 aromatic heterocycles. The molecule has 1 aromatic rings. The van der Waals surface area contributed by atoms with E-state index in [1.165, 1.54) is 0 Å². The molecule has 1 aromatic carbocycles. The lowest BCUT2D eigenvalue weighted by Gasteiger charge is -2.19. The zero-order valence-electron chi connectivity index (χ0n) is 10.6. The number of ether oxygens (including phenoxy) is 1. The smallest absolute Gasteiger partial charge is 0.312 e. The standard InChI is InChI=1S/C13H18N2O3/c1-15-6-5-9-11(15)4-3-8(12(9)18-2)10(7-14)13(16)17/h3-4,10H,5-7,14H2,1-2H3,(H,16,17). The van der Waals surface area contributed by atoms with Crippen molar-refractivity contribution in [3.8, 4) is 5.75 Å². The highest BCUT2D eigenvalue weighted by atomic mass is 16.5. The van der Waals surface area contributed by atoms with E-state index in [1.807, 2.05) is 19.2 Å². The van der Waals surface area contributed by atoms with Gasteiger partial charge < -0.3 is 20.5 Å². The SMILES string of the molecule is COc1c(C(CN)C(=O)O)ccc2c1CCN2C. The molecule has 0 bridgehead atoms. The summed E-state index contributed by atoms with van der Waals surface area (Å²) in [5.41, 5.74) is 8.41. The van der Waals surface area contributed by atoms with Crippen molar-refractivity contribution in [2.75, 3.05) is 32.1 Å². The zero-order valence-corrected chi connectivity index (χ0v) is 10.6. The lowest BCUT2D eigenvalue weighted by atomic mass is 9.95. The average Bonchev–Trinajstić information content (AvgIpc) is 2.71. The highest BCUT2D eigenvalue weighted by Gasteiger charge is 2.28. The molecule has 0 fully saturated rings. The average molecular weight is 250 g/mol. The molecule has 0 spiro atoms. The highest BCUT2D eigenvalue weighted by molar-refractivity contribution is 5.79. The summed E-state index contributed by atoms with van der Waals surface area (Å²) in [6.07, 6.45) is 0.875. The van der Waals surface area contributed by atoms with Crippen LogP contribution in [0, 0.1) is 0 Å². The Morgan fingerprint density at radius 1 is 1.61 bits per heavy atom. The number of rotatable bonds is 4. The monoisotopic (exact) mass is 250 g/mol. The fourth-order valence-electron chi connectivity index (χ4n) is 2.51. The van der Waals surface area contributed by atoms with Crippen LogP contribution in [-0.2, 0) is 11.2 Å². The van der Waals surface area contributed by atoms with Gasteiger partial charge in [-0.25, -0.2) is 0 Å². The lowest BCUT2D eigenvalue weighted by molar-refractivity contribution is -0.138. The fourth-order valence-corrected chi connectivity index (χ4v) is 2.51. The number of nitrogens with zero attached hydrogens (tertiary/aromatic N) is 1. The van der Waals surface area contributed by atoms with Gasteiger partial charge in [0.1, 0.15) is 5.75 Å². The topological polar surface area (TPSA) is 75.8 Å². The Balaban J connectivity index is 2.53. The first kappa shape index (κ1) is 12.7. The van der Waals surface area contributed by atoms with Crippen LogP contribution in [0.3, 0.4) is 0 Å². The largest absolute Gasteiger partial charge is 0.496 e. The van der Waals surface area contributed by atoms with E-state index in [0.29, 0.717) is 11.3 Å². The predicted octanol–water partition coefficient (Wildman–Crippen LogP) is 0.814. The van der Waals surface area contributed by atoms with Gasteiger partial charge in [-0.3, -0.25) is 4.79 Å². The van der Waals surface area contributed by atoms with Crippen LogP contribution in [0.5, 0.6) is 5.75 Å². The molecule has 1 atom stereocenters. The quantitative estimate of drug-likeness (QED) is 0.827. The molecular weight excluding hydrogens is 232 g/mol. The molecule has 1 heterocycles. The fraction of sp³-hybridized carbons (Fsp3) is 0.462. The summed E-state index contributed by atoms with van der Waals surface area (Å²) in [4.78, 5) is 13.4. The number of benzene rings is 1. The van der Waals surface area contributed by atoms with E-state index in [4.69, 9.17) is 10.5 Å². The van der Waals surface area contributed by atoms with E-state index in [1.54, 1.807) is 7.11 Å². The summed E-state index contributed by atoms with van der Waals surface area (Å²) in [7, 11) is 3.59. The minimum Gasteiger partial charge on any atom is -0.496 e. The van der Waals surface area contributed by atoms with Gasteiger partial charge in [0.25, 0.3) is 0 Å². The van der Waals surface area contributed by atoms with Crippen LogP contribution in [-0.4, -0.2) is 38.3 Å². The molecule has 0 saturated heterocycles. The molecule has 3 N–H and O–H groups in total. The summed E-state index contributed by atoms with van der Waals surface area (Å²) in [6, 6.07) is 3.76. The molecule has 0 radical (unpaired) electrons. The second kappa shape index (κ2) is 4.86. The third kappa shape index (κ3) is 1.90. The summed E-state index contributed by atoms with van der Waals surface area (Å²) < 4.78 is 5.42. The van der Waals surface area contributed by atoms with Gasteiger partial charge in [-0.2, -0.15) is 0 Å². The van der Waals surface area contributed by atoms with E-state index in [2.05, 4.69) is 4.90 Å². The Morgan fingerprint density at radius 2 is 2.33 bits per heavy atom. The van der Waals surface area contributed by atoms with Gasteiger partial charge in [0.2, 0.25) is 0 Å². The second-order valence-corrected chi connectivity index (χ2v) is 4.48. The van der Waals surface area contributed by atoms with Crippen molar-refractivity contribution in [2.45, 2.75) is 12.3 Å². The highest BCUT2D eigenvalue weighted by Crippen LogP contribution is 2.39. The number of hydrogen-bond acceptors (Lipinski definition) is 4. The molecule has 5 nitrogen and oxygen atoms in total. The van der Waals surface area contributed by atoms with Gasteiger partial charge in [0.15, 0.2) is 0 Å². The number of nitrogens with two attached hydrogens (primary N) is 1. The molecule has 2 rings (SSSR count). The normalized spacial score (nSPS) is 15.4. The molecular formula is C13H18N2O3. The van der Waals surface area contributed by atoms with Crippen molar-refractivity contribution in [2.24, 2.45) is 5.73 Å².